The summed E-state index contributed by atoms with van der Waals surface area (Å²) in [6.45, 7) is 7.09. The zero-order valence-electron chi connectivity index (χ0n) is 16.2. The van der Waals surface area contributed by atoms with Crippen molar-refractivity contribution in [1.29, 1.82) is 0 Å². The van der Waals surface area contributed by atoms with Crippen LogP contribution in [0.25, 0.3) is 0 Å². The minimum absolute atomic E-state index is 0.190. The summed E-state index contributed by atoms with van der Waals surface area (Å²) in [4.78, 5) is 37.1. The normalized spacial score (nSPS) is 13.6. The average Bonchev–Trinajstić information content (AvgIpc) is 2.49. The third-order valence-electron chi connectivity index (χ3n) is 4.02. The second-order valence-corrected chi connectivity index (χ2v) is 7.83. The molecule has 1 rings (SSSR count). The molecule has 1 aromatic rings. The van der Waals surface area contributed by atoms with Gasteiger partial charge in [0.1, 0.15) is 11.6 Å². The highest BCUT2D eigenvalue weighted by atomic mass is 19.4. The van der Waals surface area contributed by atoms with Crippen LogP contribution in [0.5, 0.6) is 0 Å². The van der Waals surface area contributed by atoms with Crippen LogP contribution in [0, 0.1) is 0 Å². The maximum atomic E-state index is 13.1. The Bertz CT molecular complexity index is 770. The van der Waals surface area contributed by atoms with E-state index in [9.17, 15) is 32.7 Å². The molecule has 1 unspecified atom stereocenters. The Morgan fingerprint density at radius 2 is 1.64 bits per heavy atom. The van der Waals surface area contributed by atoms with Gasteiger partial charge in [0.25, 0.3) is 0 Å². The molecule has 0 saturated heterocycles. The van der Waals surface area contributed by atoms with Crippen LogP contribution in [-0.2, 0) is 15.8 Å². The first-order chi connectivity index (χ1) is 12.5. The standard InChI is InChI=1S/C18H24F3N3O4/c1-16(2,3)24(15(27)28)12(13(25)23-17(4,5)14(22)26)10-7-6-8-11(9-10)18(19,20)21/h6-9,12H,1-5H3,(H2,22,26)(H,23,25)(H,27,28). The molecule has 0 bridgehead atoms. The SMILES string of the molecule is CC(C)(NC(=O)C(c1cccc(C(F)(F)F)c1)N(C(=O)O)C(C)(C)C)C(N)=O. The van der Waals surface area contributed by atoms with E-state index in [0.29, 0.717) is 6.07 Å². The van der Waals surface area contributed by atoms with Crippen molar-refractivity contribution in [3.63, 3.8) is 0 Å². The highest BCUT2D eigenvalue weighted by Crippen LogP contribution is 2.34. The lowest BCUT2D eigenvalue weighted by atomic mass is 9.95. The Kier molecular flexibility index (Phi) is 6.38. The number of carbonyl (C=O) groups is 3. The van der Waals surface area contributed by atoms with Crippen LogP contribution in [-0.4, -0.2) is 39.0 Å². The van der Waals surface area contributed by atoms with Crippen LogP contribution in [0.15, 0.2) is 24.3 Å². The van der Waals surface area contributed by atoms with E-state index < -0.39 is 46.8 Å². The molecule has 4 N–H and O–H groups in total. The molecule has 7 nitrogen and oxygen atoms in total. The van der Waals surface area contributed by atoms with Crippen LogP contribution in [0.3, 0.4) is 0 Å². The van der Waals surface area contributed by atoms with Gasteiger partial charge in [-0.15, -0.1) is 0 Å². The van der Waals surface area contributed by atoms with Gasteiger partial charge in [0.2, 0.25) is 11.8 Å². The minimum Gasteiger partial charge on any atom is -0.465 e. The number of alkyl halides is 3. The largest absolute Gasteiger partial charge is 0.465 e. The van der Waals surface area contributed by atoms with Gasteiger partial charge in [-0.05, 0) is 52.3 Å². The predicted molar refractivity (Wildman–Crippen MR) is 95.2 cm³/mol. The first-order valence-electron chi connectivity index (χ1n) is 8.30. The summed E-state index contributed by atoms with van der Waals surface area (Å²) in [6, 6.07) is 2.19. The Morgan fingerprint density at radius 3 is 2.04 bits per heavy atom. The van der Waals surface area contributed by atoms with E-state index in [-0.39, 0.29) is 5.56 Å². The van der Waals surface area contributed by atoms with Crippen molar-refractivity contribution in [3.8, 4) is 0 Å². The molecule has 156 valence electrons. The first kappa shape index (κ1) is 23.3. The summed E-state index contributed by atoms with van der Waals surface area (Å²) >= 11 is 0. The van der Waals surface area contributed by atoms with Crippen LogP contribution >= 0.6 is 0 Å². The molecule has 0 aliphatic heterocycles. The number of nitrogens with two attached hydrogens (primary N) is 1. The van der Waals surface area contributed by atoms with Gasteiger partial charge in [0, 0.05) is 5.54 Å². The second-order valence-electron chi connectivity index (χ2n) is 7.83. The fraction of sp³-hybridized carbons (Fsp3) is 0.500. The highest BCUT2D eigenvalue weighted by molar-refractivity contribution is 5.93. The van der Waals surface area contributed by atoms with Gasteiger partial charge in [-0.2, -0.15) is 13.2 Å². The number of primary amides is 1. The maximum Gasteiger partial charge on any atom is 0.416 e. The molecule has 0 radical (unpaired) electrons. The summed E-state index contributed by atoms with van der Waals surface area (Å²) in [5.41, 5.74) is 1.32. The van der Waals surface area contributed by atoms with Gasteiger partial charge in [-0.25, -0.2) is 4.79 Å². The molecule has 10 heteroatoms. The second kappa shape index (κ2) is 7.69. The first-order valence-corrected chi connectivity index (χ1v) is 8.30. The van der Waals surface area contributed by atoms with E-state index in [0.717, 1.165) is 17.0 Å². The van der Waals surface area contributed by atoms with Crippen molar-refractivity contribution in [2.75, 3.05) is 0 Å². The molecule has 0 aromatic heterocycles. The zero-order valence-corrected chi connectivity index (χ0v) is 16.2. The Morgan fingerprint density at radius 1 is 1.11 bits per heavy atom. The van der Waals surface area contributed by atoms with Gasteiger partial charge in [0.15, 0.2) is 0 Å². The molecule has 0 heterocycles. The van der Waals surface area contributed by atoms with Crippen LogP contribution in [0.2, 0.25) is 0 Å². The summed E-state index contributed by atoms with van der Waals surface area (Å²) in [6.07, 6.45) is -6.19. The number of nitrogens with one attached hydrogen (secondary N) is 1. The van der Waals surface area contributed by atoms with Crippen molar-refractivity contribution >= 4 is 17.9 Å². The molecule has 0 fully saturated rings. The Hall–Kier alpha value is -2.78. The monoisotopic (exact) mass is 403 g/mol. The molecule has 0 aliphatic rings. The number of hydrogen-bond donors (Lipinski definition) is 3. The van der Waals surface area contributed by atoms with Crippen LogP contribution in [0.1, 0.15) is 51.8 Å². The third kappa shape index (κ3) is 5.37. The van der Waals surface area contributed by atoms with Crippen molar-refractivity contribution in [2.45, 2.75) is 57.9 Å². The van der Waals surface area contributed by atoms with Gasteiger partial charge in [-0.3, -0.25) is 14.5 Å². The molecular weight excluding hydrogens is 379 g/mol. The number of halogens is 3. The molecule has 0 spiro atoms. The zero-order chi connectivity index (χ0) is 22.1. The number of carbonyl (C=O) groups excluding carboxylic acids is 2. The van der Waals surface area contributed by atoms with E-state index in [2.05, 4.69) is 5.32 Å². The van der Waals surface area contributed by atoms with Gasteiger partial charge in [-0.1, -0.05) is 12.1 Å². The summed E-state index contributed by atoms with van der Waals surface area (Å²) in [5, 5.41) is 12.0. The number of nitrogens with zero attached hydrogens (tertiary/aromatic N) is 1. The van der Waals surface area contributed by atoms with Crippen LogP contribution in [0.4, 0.5) is 18.0 Å². The van der Waals surface area contributed by atoms with E-state index in [1.807, 2.05) is 0 Å². The predicted octanol–water partition coefficient (Wildman–Crippen LogP) is 2.91. The lowest BCUT2D eigenvalue weighted by Crippen LogP contribution is -2.58. The molecule has 1 atom stereocenters. The third-order valence-corrected chi connectivity index (χ3v) is 4.02. The number of amides is 3. The number of hydrogen-bond acceptors (Lipinski definition) is 3. The van der Waals surface area contributed by atoms with Gasteiger partial charge in [0.05, 0.1) is 5.56 Å². The lowest BCUT2D eigenvalue weighted by Gasteiger charge is -2.40. The van der Waals surface area contributed by atoms with Crippen molar-refractivity contribution < 1.29 is 32.7 Å². The topological polar surface area (TPSA) is 113 Å². The minimum atomic E-state index is -4.68. The molecular formula is C18H24F3N3O4. The lowest BCUT2D eigenvalue weighted by molar-refractivity contribution is -0.138. The molecule has 0 saturated carbocycles. The number of benzene rings is 1. The summed E-state index contributed by atoms with van der Waals surface area (Å²) in [7, 11) is 0. The van der Waals surface area contributed by atoms with E-state index in [4.69, 9.17) is 5.73 Å². The number of carboxylic acid groups (broad SMARTS) is 1. The quantitative estimate of drug-likeness (QED) is 0.702. The molecule has 3 amide bonds. The average molecular weight is 403 g/mol. The van der Waals surface area contributed by atoms with Crippen LogP contribution < -0.4 is 11.1 Å². The van der Waals surface area contributed by atoms with E-state index in [1.54, 1.807) is 0 Å². The van der Waals surface area contributed by atoms with Crippen molar-refractivity contribution in [3.05, 3.63) is 35.4 Å². The summed E-state index contributed by atoms with van der Waals surface area (Å²) < 4.78 is 39.3. The van der Waals surface area contributed by atoms with Gasteiger partial charge < -0.3 is 16.2 Å². The van der Waals surface area contributed by atoms with E-state index in [1.165, 1.54) is 40.7 Å². The summed E-state index contributed by atoms with van der Waals surface area (Å²) in [5.74, 6) is -1.86. The Balaban J connectivity index is 3.59. The number of rotatable bonds is 5. The molecule has 1 aromatic carbocycles. The van der Waals surface area contributed by atoms with Gasteiger partial charge >= 0.3 is 12.3 Å². The van der Waals surface area contributed by atoms with E-state index >= 15 is 0 Å². The highest BCUT2D eigenvalue weighted by Gasteiger charge is 2.42. The molecule has 0 aliphatic carbocycles. The van der Waals surface area contributed by atoms with Crippen molar-refractivity contribution in [1.82, 2.24) is 10.2 Å². The van der Waals surface area contributed by atoms with Crippen molar-refractivity contribution in [2.24, 2.45) is 5.73 Å². The fourth-order valence-corrected chi connectivity index (χ4v) is 2.53. The molecule has 28 heavy (non-hydrogen) atoms. The smallest absolute Gasteiger partial charge is 0.416 e. The fourth-order valence-electron chi connectivity index (χ4n) is 2.53. The maximum absolute atomic E-state index is 13.1. The Labute approximate surface area is 160 Å².